The molecule has 1 aromatic rings. The van der Waals surface area contributed by atoms with Crippen molar-refractivity contribution in [2.75, 3.05) is 27.4 Å². The van der Waals surface area contributed by atoms with Crippen molar-refractivity contribution in [2.24, 2.45) is 10.9 Å². The number of methoxy groups -OCH3 is 1. The predicted octanol–water partition coefficient (Wildman–Crippen LogP) is 1.57. The van der Waals surface area contributed by atoms with Crippen molar-refractivity contribution in [3.05, 3.63) is 23.9 Å². The maximum Gasteiger partial charge on any atom is 0.213 e. The lowest BCUT2D eigenvalue weighted by molar-refractivity contribution is 0.179. The number of nitrogens with zero attached hydrogens (tertiary/aromatic N) is 2. The number of aliphatic imine (C=N–C) groups is 1. The molecule has 2 rings (SSSR count). The fourth-order valence-electron chi connectivity index (χ4n) is 1.99. The van der Waals surface area contributed by atoms with Gasteiger partial charge in [0, 0.05) is 39.0 Å². The Morgan fingerprint density at radius 2 is 2.27 bits per heavy atom. The smallest absolute Gasteiger partial charge is 0.213 e. The fraction of sp³-hybridized carbons (Fsp3) is 0.625. The number of nitrogens with one attached hydrogen (secondary N) is 2. The molecule has 1 aromatic heterocycles. The van der Waals surface area contributed by atoms with E-state index < -0.39 is 0 Å². The first-order valence-corrected chi connectivity index (χ1v) is 7.75. The van der Waals surface area contributed by atoms with Gasteiger partial charge < -0.3 is 20.1 Å². The van der Waals surface area contributed by atoms with Crippen molar-refractivity contribution in [3.8, 4) is 5.88 Å². The molecule has 0 aromatic carbocycles. The van der Waals surface area contributed by atoms with E-state index in [-0.39, 0.29) is 6.04 Å². The van der Waals surface area contributed by atoms with Gasteiger partial charge in [-0.2, -0.15) is 0 Å². The highest BCUT2D eigenvalue weighted by molar-refractivity contribution is 5.79. The van der Waals surface area contributed by atoms with E-state index in [1.807, 2.05) is 25.3 Å². The summed E-state index contributed by atoms with van der Waals surface area (Å²) in [5.74, 6) is 2.19. The molecule has 1 atom stereocenters. The minimum absolute atomic E-state index is 0.201. The van der Waals surface area contributed by atoms with Gasteiger partial charge in [0.15, 0.2) is 5.96 Å². The van der Waals surface area contributed by atoms with E-state index in [1.165, 1.54) is 12.8 Å². The molecular formula is C16H26N4O2. The van der Waals surface area contributed by atoms with E-state index in [0.717, 1.165) is 24.0 Å². The Kier molecular flexibility index (Phi) is 6.45. The van der Waals surface area contributed by atoms with E-state index >= 15 is 0 Å². The van der Waals surface area contributed by atoms with Crippen LogP contribution in [0.1, 0.15) is 25.3 Å². The molecule has 0 spiro atoms. The van der Waals surface area contributed by atoms with Gasteiger partial charge in [-0.15, -0.1) is 0 Å². The molecular weight excluding hydrogens is 280 g/mol. The van der Waals surface area contributed by atoms with Crippen molar-refractivity contribution >= 4 is 5.96 Å². The standard InChI is InChI=1S/C16H26N4O2/c1-12(10-21-3)20-16(17-2)19-9-14-6-7-15(18-8-14)22-11-13-4-5-13/h6-8,12-13H,4-5,9-11H2,1-3H3,(H2,17,19,20). The summed E-state index contributed by atoms with van der Waals surface area (Å²) >= 11 is 0. The lowest BCUT2D eigenvalue weighted by Crippen LogP contribution is -2.43. The highest BCUT2D eigenvalue weighted by Crippen LogP contribution is 2.29. The maximum absolute atomic E-state index is 5.63. The van der Waals surface area contributed by atoms with E-state index in [4.69, 9.17) is 9.47 Å². The lowest BCUT2D eigenvalue weighted by atomic mass is 10.3. The van der Waals surface area contributed by atoms with Crippen LogP contribution in [-0.2, 0) is 11.3 Å². The Morgan fingerprint density at radius 3 is 2.86 bits per heavy atom. The summed E-state index contributed by atoms with van der Waals surface area (Å²) in [5, 5.41) is 6.51. The summed E-state index contributed by atoms with van der Waals surface area (Å²) in [6.45, 7) is 4.13. The predicted molar refractivity (Wildman–Crippen MR) is 87.1 cm³/mol. The highest BCUT2D eigenvalue weighted by atomic mass is 16.5. The maximum atomic E-state index is 5.63. The molecule has 0 bridgehead atoms. The first-order chi connectivity index (χ1) is 10.7. The van der Waals surface area contributed by atoms with E-state index in [2.05, 4.69) is 20.6 Å². The molecule has 122 valence electrons. The van der Waals surface area contributed by atoms with Crippen LogP contribution >= 0.6 is 0 Å². The molecule has 0 radical (unpaired) electrons. The fourth-order valence-corrected chi connectivity index (χ4v) is 1.99. The van der Waals surface area contributed by atoms with Crippen LogP contribution in [0.4, 0.5) is 0 Å². The molecule has 6 heteroatoms. The molecule has 1 aliphatic carbocycles. The molecule has 1 unspecified atom stereocenters. The Hall–Kier alpha value is -1.82. The zero-order valence-electron chi connectivity index (χ0n) is 13.6. The van der Waals surface area contributed by atoms with Crippen LogP contribution in [0.15, 0.2) is 23.3 Å². The Balaban J connectivity index is 1.74. The van der Waals surface area contributed by atoms with Gasteiger partial charge in [0.2, 0.25) is 5.88 Å². The lowest BCUT2D eigenvalue weighted by Gasteiger charge is -2.17. The van der Waals surface area contributed by atoms with Crippen LogP contribution in [0.3, 0.4) is 0 Å². The number of ether oxygens (including phenoxy) is 2. The first kappa shape index (κ1) is 16.5. The normalized spacial score (nSPS) is 16.2. The number of aromatic nitrogens is 1. The molecule has 22 heavy (non-hydrogen) atoms. The molecule has 1 aliphatic rings. The second-order valence-electron chi connectivity index (χ2n) is 5.69. The Bertz CT molecular complexity index is 472. The SMILES string of the molecule is CN=C(NCc1ccc(OCC2CC2)nc1)NC(C)COC. The molecule has 0 amide bonds. The molecule has 1 heterocycles. The molecule has 0 aliphatic heterocycles. The molecule has 6 nitrogen and oxygen atoms in total. The van der Waals surface area contributed by atoms with Crippen LogP contribution in [0.5, 0.6) is 5.88 Å². The summed E-state index contributed by atoms with van der Waals surface area (Å²) in [5.41, 5.74) is 1.08. The first-order valence-electron chi connectivity index (χ1n) is 7.75. The third-order valence-corrected chi connectivity index (χ3v) is 3.44. The number of rotatable bonds is 8. The van der Waals surface area contributed by atoms with Gasteiger partial charge in [-0.25, -0.2) is 4.98 Å². The average molecular weight is 306 g/mol. The van der Waals surface area contributed by atoms with Crippen LogP contribution in [0.25, 0.3) is 0 Å². The van der Waals surface area contributed by atoms with Crippen molar-refractivity contribution in [2.45, 2.75) is 32.4 Å². The highest BCUT2D eigenvalue weighted by Gasteiger charge is 2.21. The van der Waals surface area contributed by atoms with Crippen molar-refractivity contribution in [3.63, 3.8) is 0 Å². The molecule has 1 saturated carbocycles. The average Bonchev–Trinajstić information content (AvgIpc) is 3.35. The van der Waals surface area contributed by atoms with E-state index in [1.54, 1.807) is 14.2 Å². The van der Waals surface area contributed by atoms with E-state index in [0.29, 0.717) is 19.0 Å². The Labute approximate surface area is 132 Å². The van der Waals surface area contributed by atoms with Crippen molar-refractivity contribution in [1.82, 2.24) is 15.6 Å². The number of pyridine rings is 1. The second kappa shape index (κ2) is 8.58. The van der Waals surface area contributed by atoms with Gasteiger partial charge in [-0.1, -0.05) is 6.07 Å². The van der Waals surface area contributed by atoms with Crippen LogP contribution < -0.4 is 15.4 Å². The minimum Gasteiger partial charge on any atom is -0.477 e. The van der Waals surface area contributed by atoms with Gasteiger partial charge in [0.25, 0.3) is 0 Å². The van der Waals surface area contributed by atoms with Gasteiger partial charge >= 0.3 is 0 Å². The summed E-state index contributed by atoms with van der Waals surface area (Å²) in [4.78, 5) is 8.52. The topological polar surface area (TPSA) is 67.8 Å². The summed E-state index contributed by atoms with van der Waals surface area (Å²) in [6, 6.07) is 4.14. The molecule has 1 fully saturated rings. The second-order valence-corrected chi connectivity index (χ2v) is 5.69. The summed E-state index contributed by atoms with van der Waals surface area (Å²) < 4.78 is 10.7. The van der Waals surface area contributed by atoms with Crippen LogP contribution in [0.2, 0.25) is 0 Å². The van der Waals surface area contributed by atoms with Gasteiger partial charge in [0.1, 0.15) is 0 Å². The summed E-state index contributed by atoms with van der Waals surface area (Å²) in [6.07, 6.45) is 4.41. The van der Waals surface area contributed by atoms with Gasteiger partial charge in [-0.3, -0.25) is 4.99 Å². The monoisotopic (exact) mass is 306 g/mol. The van der Waals surface area contributed by atoms with Crippen molar-refractivity contribution in [1.29, 1.82) is 0 Å². The zero-order chi connectivity index (χ0) is 15.8. The minimum atomic E-state index is 0.201. The quantitative estimate of drug-likeness (QED) is 0.564. The largest absolute Gasteiger partial charge is 0.477 e. The van der Waals surface area contributed by atoms with Crippen molar-refractivity contribution < 1.29 is 9.47 Å². The zero-order valence-corrected chi connectivity index (χ0v) is 13.6. The number of hydrogen-bond donors (Lipinski definition) is 2. The summed E-state index contributed by atoms with van der Waals surface area (Å²) in [7, 11) is 3.44. The molecule has 2 N–H and O–H groups in total. The number of guanidine groups is 1. The third-order valence-electron chi connectivity index (χ3n) is 3.44. The molecule has 0 saturated heterocycles. The van der Waals surface area contributed by atoms with Crippen LogP contribution in [0, 0.1) is 5.92 Å². The van der Waals surface area contributed by atoms with E-state index in [9.17, 15) is 0 Å². The van der Waals surface area contributed by atoms with Crippen LogP contribution in [-0.4, -0.2) is 44.4 Å². The third kappa shape index (κ3) is 5.89. The van der Waals surface area contributed by atoms with Gasteiger partial charge in [-0.05, 0) is 31.2 Å². The number of hydrogen-bond acceptors (Lipinski definition) is 4. The Morgan fingerprint density at radius 1 is 1.45 bits per heavy atom. The van der Waals surface area contributed by atoms with Gasteiger partial charge in [0.05, 0.1) is 13.2 Å².